The second-order valence-corrected chi connectivity index (χ2v) is 3.85. The molecular formula is C14H12N4O2. The van der Waals surface area contributed by atoms with Crippen LogP contribution in [0.5, 0.6) is 0 Å². The molecule has 0 saturated carbocycles. The van der Waals surface area contributed by atoms with Gasteiger partial charge in [-0.2, -0.15) is 5.10 Å². The predicted octanol–water partition coefficient (Wildman–Crippen LogP) is 0.436. The Morgan fingerprint density at radius 3 is 2.35 bits per heavy atom. The number of pyridine rings is 1. The highest BCUT2D eigenvalue weighted by molar-refractivity contribution is 6.34. The first-order chi connectivity index (χ1) is 9.68. The van der Waals surface area contributed by atoms with Gasteiger partial charge in [0.05, 0.1) is 5.69 Å². The fraction of sp³-hybridized carbons (Fsp3) is 0. The number of carbonyl (C=O) groups excluding carboxylic acids is 2. The summed E-state index contributed by atoms with van der Waals surface area (Å²) in [5.74, 6) is -2.07. The molecule has 2 aromatic rings. The lowest BCUT2D eigenvalue weighted by molar-refractivity contribution is -0.137. The highest BCUT2D eigenvalue weighted by Gasteiger charge is 2.11. The summed E-state index contributed by atoms with van der Waals surface area (Å²) in [5, 5.41) is 3.94. The van der Waals surface area contributed by atoms with E-state index in [0.717, 1.165) is 5.56 Å². The molecule has 2 rings (SSSR count). The number of primary amides is 1. The molecule has 0 fully saturated rings. The fourth-order valence-electron chi connectivity index (χ4n) is 1.53. The van der Waals surface area contributed by atoms with Crippen molar-refractivity contribution in [3.05, 3.63) is 66.0 Å². The SMILES string of the molecule is NC(=O)C(=O)N/N=C(\c1ccccc1)c1ccccn1. The third-order valence-electron chi connectivity index (χ3n) is 2.45. The smallest absolute Gasteiger partial charge is 0.329 e. The quantitative estimate of drug-likeness (QED) is 0.480. The second-order valence-electron chi connectivity index (χ2n) is 3.85. The third kappa shape index (κ3) is 3.26. The highest BCUT2D eigenvalue weighted by atomic mass is 16.2. The van der Waals surface area contributed by atoms with Crippen molar-refractivity contribution in [3.63, 3.8) is 0 Å². The first kappa shape index (κ1) is 13.4. The van der Waals surface area contributed by atoms with Crippen LogP contribution in [0.15, 0.2) is 59.8 Å². The van der Waals surface area contributed by atoms with Crippen LogP contribution in [-0.2, 0) is 9.59 Å². The molecule has 0 spiro atoms. The molecule has 2 amide bonds. The van der Waals surface area contributed by atoms with E-state index in [2.05, 4.69) is 15.5 Å². The van der Waals surface area contributed by atoms with Crippen LogP contribution in [0.1, 0.15) is 11.3 Å². The third-order valence-corrected chi connectivity index (χ3v) is 2.45. The number of nitrogens with zero attached hydrogens (tertiary/aromatic N) is 2. The zero-order valence-corrected chi connectivity index (χ0v) is 10.5. The first-order valence-corrected chi connectivity index (χ1v) is 5.83. The molecule has 0 radical (unpaired) electrons. The minimum atomic E-state index is -1.10. The van der Waals surface area contributed by atoms with E-state index >= 15 is 0 Å². The van der Waals surface area contributed by atoms with Crippen LogP contribution in [0.3, 0.4) is 0 Å². The van der Waals surface area contributed by atoms with Crippen LogP contribution in [0.4, 0.5) is 0 Å². The van der Waals surface area contributed by atoms with Gasteiger partial charge in [0.25, 0.3) is 0 Å². The largest absolute Gasteiger partial charge is 0.361 e. The van der Waals surface area contributed by atoms with Crippen molar-refractivity contribution < 1.29 is 9.59 Å². The molecule has 6 heteroatoms. The van der Waals surface area contributed by atoms with Crippen LogP contribution in [0.2, 0.25) is 0 Å². The lowest BCUT2D eigenvalue weighted by atomic mass is 10.1. The van der Waals surface area contributed by atoms with Gasteiger partial charge in [0.15, 0.2) is 0 Å². The van der Waals surface area contributed by atoms with E-state index in [4.69, 9.17) is 5.73 Å². The fourth-order valence-corrected chi connectivity index (χ4v) is 1.53. The molecule has 0 bridgehead atoms. The number of hydrogen-bond donors (Lipinski definition) is 2. The summed E-state index contributed by atoms with van der Waals surface area (Å²) in [4.78, 5) is 26.1. The van der Waals surface area contributed by atoms with E-state index in [1.807, 2.05) is 30.3 Å². The Morgan fingerprint density at radius 1 is 1.05 bits per heavy atom. The Kier molecular flexibility index (Phi) is 4.18. The van der Waals surface area contributed by atoms with E-state index in [9.17, 15) is 9.59 Å². The Labute approximate surface area is 115 Å². The van der Waals surface area contributed by atoms with Gasteiger partial charge in [-0.1, -0.05) is 36.4 Å². The lowest BCUT2D eigenvalue weighted by Crippen LogP contribution is -2.33. The Balaban J connectivity index is 2.38. The molecule has 3 N–H and O–H groups in total. The van der Waals surface area contributed by atoms with Gasteiger partial charge in [0, 0.05) is 11.8 Å². The van der Waals surface area contributed by atoms with Gasteiger partial charge in [-0.25, -0.2) is 5.43 Å². The number of nitrogens with one attached hydrogen (secondary N) is 1. The van der Waals surface area contributed by atoms with E-state index in [0.29, 0.717) is 11.4 Å². The summed E-state index contributed by atoms with van der Waals surface area (Å²) >= 11 is 0. The van der Waals surface area contributed by atoms with E-state index in [1.54, 1.807) is 24.4 Å². The van der Waals surface area contributed by atoms with Crippen LogP contribution in [0.25, 0.3) is 0 Å². The number of rotatable bonds is 3. The molecular weight excluding hydrogens is 256 g/mol. The number of amides is 2. The number of aromatic nitrogens is 1. The van der Waals surface area contributed by atoms with Crippen molar-refractivity contribution in [1.29, 1.82) is 0 Å². The Bertz CT molecular complexity index is 597. The average molecular weight is 268 g/mol. The van der Waals surface area contributed by atoms with Crippen molar-refractivity contribution in [1.82, 2.24) is 10.4 Å². The number of hydrogen-bond acceptors (Lipinski definition) is 4. The normalized spacial score (nSPS) is 10.9. The van der Waals surface area contributed by atoms with E-state index in [-0.39, 0.29) is 0 Å². The van der Waals surface area contributed by atoms with Gasteiger partial charge >= 0.3 is 11.8 Å². The molecule has 1 aromatic heterocycles. The molecule has 20 heavy (non-hydrogen) atoms. The van der Waals surface area contributed by atoms with Crippen LogP contribution < -0.4 is 11.2 Å². The summed E-state index contributed by atoms with van der Waals surface area (Å²) in [7, 11) is 0. The van der Waals surface area contributed by atoms with Gasteiger partial charge in [0.2, 0.25) is 0 Å². The molecule has 1 heterocycles. The maximum absolute atomic E-state index is 11.2. The molecule has 0 aliphatic heterocycles. The number of carbonyl (C=O) groups is 2. The predicted molar refractivity (Wildman–Crippen MR) is 73.7 cm³/mol. The molecule has 0 aliphatic carbocycles. The van der Waals surface area contributed by atoms with Crippen molar-refractivity contribution >= 4 is 17.5 Å². The molecule has 0 atom stereocenters. The second kappa shape index (κ2) is 6.24. The molecule has 0 saturated heterocycles. The average Bonchev–Trinajstić information content (AvgIpc) is 2.49. The van der Waals surface area contributed by atoms with Crippen molar-refractivity contribution in [3.8, 4) is 0 Å². The summed E-state index contributed by atoms with van der Waals surface area (Å²) < 4.78 is 0. The van der Waals surface area contributed by atoms with Crippen LogP contribution in [0, 0.1) is 0 Å². The maximum atomic E-state index is 11.2. The van der Waals surface area contributed by atoms with Crippen molar-refractivity contribution in [2.75, 3.05) is 0 Å². The van der Waals surface area contributed by atoms with Gasteiger partial charge in [-0.3, -0.25) is 14.6 Å². The summed E-state index contributed by atoms with van der Waals surface area (Å²) in [5.41, 5.74) is 8.76. The van der Waals surface area contributed by atoms with Gasteiger partial charge in [-0.05, 0) is 12.1 Å². The van der Waals surface area contributed by atoms with Gasteiger partial charge < -0.3 is 5.73 Å². The summed E-state index contributed by atoms with van der Waals surface area (Å²) in [6, 6.07) is 14.5. The monoisotopic (exact) mass is 268 g/mol. The standard InChI is InChI=1S/C14H12N4O2/c15-13(19)14(20)18-17-12(10-6-2-1-3-7-10)11-8-4-5-9-16-11/h1-9H,(H2,15,19)(H,18,20)/b17-12+. The lowest BCUT2D eigenvalue weighted by Gasteiger charge is -2.06. The minimum Gasteiger partial charge on any atom is -0.361 e. The minimum absolute atomic E-state index is 0.445. The molecule has 0 unspecified atom stereocenters. The van der Waals surface area contributed by atoms with Gasteiger partial charge in [-0.15, -0.1) is 0 Å². The topological polar surface area (TPSA) is 97.4 Å². The van der Waals surface area contributed by atoms with Crippen molar-refractivity contribution in [2.24, 2.45) is 10.8 Å². The maximum Gasteiger partial charge on any atom is 0.329 e. The molecule has 6 nitrogen and oxygen atoms in total. The van der Waals surface area contributed by atoms with Crippen LogP contribution in [-0.4, -0.2) is 22.5 Å². The van der Waals surface area contributed by atoms with E-state index < -0.39 is 11.8 Å². The van der Waals surface area contributed by atoms with Gasteiger partial charge in [0.1, 0.15) is 5.71 Å². The number of hydrazone groups is 1. The summed E-state index contributed by atoms with van der Waals surface area (Å²) in [6.45, 7) is 0. The zero-order chi connectivity index (χ0) is 14.4. The highest BCUT2D eigenvalue weighted by Crippen LogP contribution is 2.07. The summed E-state index contributed by atoms with van der Waals surface area (Å²) in [6.07, 6.45) is 1.61. The number of nitrogens with two attached hydrogens (primary N) is 1. The molecule has 100 valence electrons. The first-order valence-electron chi connectivity index (χ1n) is 5.83. The number of benzene rings is 1. The van der Waals surface area contributed by atoms with Crippen LogP contribution >= 0.6 is 0 Å². The Hall–Kier alpha value is -3.02. The molecule has 1 aromatic carbocycles. The van der Waals surface area contributed by atoms with Crippen molar-refractivity contribution in [2.45, 2.75) is 0 Å². The molecule has 0 aliphatic rings. The zero-order valence-electron chi connectivity index (χ0n) is 10.5. The Morgan fingerprint density at radius 2 is 1.75 bits per heavy atom. The van der Waals surface area contributed by atoms with E-state index in [1.165, 1.54) is 0 Å².